The van der Waals surface area contributed by atoms with Crippen LogP contribution in [0.25, 0.3) is 5.76 Å². The van der Waals surface area contributed by atoms with E-state index in [1.54, 1.807) is 0 Å². The average molecular weight is 371 g/mol. The lowest BCUT2D eigenvalue weighted by Gasteiger charge is -2.28. The Bertz CT molecular complexity index is 577. The number of benzene rings is 1. The second-order valence-corrected chi connectivity index (χ2v) is 8.29. The highest BCUT2D eigenvalue weighted by atomic mass is 16.3. The molecule has 1 aromatic carbocycles. The van der Waals surface area contributed by atoms with E-state index in [4.69, 9.17) is 0 Å². The molecule has 1 aromatic rings. The normalized spacial score (nSPS) is 20.6. The maximum absolute atomic E-state index is 12.0. The number of allylic oxidation sites excluding steroid dienone is 1. The van der Waals surface area contributed by atoms with Crippen molar-refractivity contribution in [3.05, 3.63) is 41.5 Å². The third-order valence-electron chi connectivity index (χ3n) is 6.05. The summed E-state index contributed by atoms with van der Waals surface area (Å²) in [4.78, 5) is 12.0. The van der Waals surface area contributed by atoms with Gasteiger partial charge in [0.15, 0.2) is 5.78 Å². The predicted molar refractivity (Wildman–Crippen MR) is 115 cm³/mol. The first-order valence-corrected chi connectivity index (χ1v) is 11.2. The van der Waals surface area contributed by atoms with Crippen molar-refractivity contribution in [2.75, 3.05) is 0 Å². The van der Waals surface area contributed by atoms with Crippen molar-refractivity contribution >= 4 is 11.5 Å². The van der Waals surface area contributed by atoms with Crippen molar-refractivity contribution in [2.24, 2.45) is 5.92 Å². The highest BCUT2D eigenvalue weighted by Crippen LogP contribution is 2.37. The molecule has 0 spiro atoms. The van der Waals surface area contributed by atoms with Crippen LogP contribution in [0.2, 0.25) is 0 Å². The first-order chi connectivity index (χ1) is 13.1. The predicted octanol–water partition coefficient (Wildman–Crippen LogP) is 7.59. The maximum atomic E-state index is 12.0. The Morgan fingerprint density at radius 1 is 0.963 bits per heavy atom. The van der Waals surface area contributed by atoms with Crippen LogP contribution < -0.4 is 0 Å². The first-order valence-electron chi connectivity index (χ1n) is 11.2. The summed E-state index contributed by atoms with van der Waals surface area (Å²) in [6, 6.07) is 8.21. The van der Waals surface area contributed by atoms with Gasteiger partial charge in [0, 0.05) is 18.1 Å². The fraction of sp³-hybridized carbons (Fsp3) is 0.640. The van der Waals surface area contributed by atoms with E-state index in [0.717, 1.165) is 24.3 Å². The van der Waals surface area contributed by atoms with Gasteiger partial charge < -0.3 is 5.11 Å². The number of ketones is 1. The van der Waals surface area contributed by atoms with E-state index in [2.05, 4.69) is 26.0 Å². The molecule has 1 aliphatic rings. The van der Waals surface area contributed by atoms with Crippen molar-refractivity contribution in [2.45, 2.75) is 96.8 Å². The van der Waals surface area contributed by atoms with Gasteiger partial charge in [-0.3, -0.25) is 4.79 Å². The molecule has 0 aliphatic heterocycles. The van der Waals surface area contributed by atoms with E-state index in [9.17, 15) is 9.90 Å². The van der Waals surface area contributed by atoms with Gasteiger partial charge in [0.05, 0.1) is 0 Å². The molecule has 0 bridgehead atoms. The molecule has 2 rings (SSSR count). The number of hydrogen-bond acceptors (Lipinski definition) is 2. The zero-order chi connectivity index (χ0) is 19.5. The van der Waals surface area contributed by atoms with E-state index in [0.29, 0.717) is 12.3 Å². The molecular formula is C25H38O2. The Morgan fingerprint density at radius 2 is 1.63 bits per heavy atom. The fourth-order valence-corrected chi connectivity index (χ4v) is 4.33. The summed E-state index contributed by atoms with van der Waals surface area (Å²) in [5, 5.41) is 10.3. The molecule has 0 aromatic heterocycles. The summed E-state index contributed by atoms with van der Waals surface area (Å²) in [6.45, 7) is 4.47. The van der Waals surface area contributed by atoms with Gasteiger partial charge in [0.2, 0.25) is 0 Å². The molecule has 0 unspecified atom stereocenters. The van der Waals surface area contributed by atoms with Crippen molar-refractivity contribution in [1.29, 1.82) is 0 Å². The molecule has 1 saturated carbocycles. The van der Waals surface area contributed by atoms with E-state index in [1.807, 2.05) is 12.1 Å². The summed E-state index contributed by atoms with van der Waals surface area (Å²) in [7, 11) is 0. The molecule has 1 N–H and O–H groups in total. The number of unbranched alkanes of at least 4 members (excludes halogenated alkanes) is 4. The number of aliphatic hydroxyl groups excluding tert-OH is 1. The Hall–Kier alpha value is -1.57. The van der Waals surface area contributed by atoms with Crippen molar-refractivity contribution in [3.63, 3.8) is 0 Å². The molecule has 27 heavy (non-hydrogen) atoms. The third-order valence-corrected chi connectivity index (χ3v) is 6.05. The summed E-state index contributed by atoms with van der Waals surface area (Å²) < 4.78 is 0. The molecule has 0 radical (unpaired) electrons. The van der Waals surface area contributed by atoms with E-state index in [-0.39, 0.29) is 11.5 Å². The van der Waals surface area contributed by atoms with Gasteiger partial charge in [-0.15, -0.1) is 0 Å². The first kappa shape index (κ1) is 21.7. The highest BCUT2D eigenvalue weighted by Gasteiger charge is 2.21. The number of carbonyl (C=O) groups is 1. The molecule has 0 saturated heterocycles. The minimum atomic E-state index is 0.0299. The zero-order valence-corrected chi connectivity index (χ0v) is 17.4. The molecule has 2 nitrogen and oxygen atoms in total. The van der Waals surface area contributed by atoms with Crippen LogP contribution in [0.15, 0.2) is 30.3 Å². The molecule has 1 aliphatic carbocycles. The monoisotopic (exact) mass is 370 g/mol. The van der Waals surface area contributed by atoms with Gasteiger partial charge in [0.25, 0.3) is 0 Å². The van der Waals surface area contributed by atoms with Gasteiger partial charge >= 0.3 is 0 Å². The number of hydrogen-bond donors (Lipinski definition) is 1. The Labute approximate surface area is 166 Å². The highest BCUT2D eigenvalue weighted by molar-refractivity contribution is 5.95. The second kappa shape index (κ2) is 12.0. The lowest BCUT2D eigenvalue weighted by Crippen LogP contribution is -2.13. The smallest absolute Gasteiger partial charge is 0.159 e. The zero-order valence-electron chi connectivity index (χ0n) is 17.4. The molecule has 0 amide bonds. The number of carbonyl (C=O) groups excluding carboxylic acids is 1. The van der Waals surface area contributed by atoms with E-state index >= 15 is 0 Å². The summed E-state index contributed by atoms with van der Waals surface area (Å²) in [5.74, 6) is 1.71. The van der Waals surface area contributed by atoms with Crippen LogP contribution in [0, 0.1) is 5.92 Å². The standard InChI is InChI=1S/C25H38O2/c1-3-5-6-7-8-10-24(26)19-25(27)23-17-15-22(16-18-23)21-13-11-20(9-4-2)12-14-21/h15-21,27H,3-14H2,1-2H3/b25-19-. The lowest BCUT2D eigenvalue weighted by atomic mass is 9.77. The summed E-state index contributed by atoms with van der Waals surface area (Å²) in [5.41, 5.74) is 2.13. The lowest BCUT2D eigenvalue weighted by molar-refractivity contribution is -0.114. The van der Waals surface area contributed by atoms with Crippen LogP contribution in [-0.2, 0) is 4.79 Å². The van der Waals surface area contributed by atoms with Crippen LogP contribution in [0.3, 0.4) is 0 Å². The second-order valence-electron chi connectivity index (χ2n) is 8.29. The topological polar surface area (TPSA) is 37.3 Å². The van der Waals surface area contributed by atoms with Crippen molar-refractivity contribution < 1.29 is 9.90 Å². The van der Waals surface area contributed by atoms with E-state index < -0.39 is 0 Å². The molecule has 0 atom stereocenters. The fourth-order valence-electron chi connectivity index (χ4n) is 4.33. The van der Waals surface area contributed by atoms with Gasteiger partial charge in [-0.1, -0.05) is 76.6 Å². The van der Waals surface area contributed by atoms with Crippen LogP contribution in [-0.4, -0.2) is 10.9 Å². The Kier molecular flexibility index (Phi) is 9.66. The van der Waals surface area contributed by atoms with Gasteiger partial charge in [-0.05, 0) is 49.5 Å². The molecule has 1 fully saturated rings. The number of rotatable bonds is 11. The van der Waals surface area contributed by atoms with Crippen LogP contribution >= 0.6 is 0 Å². The Balaban J connectivity index is 1.82. The van der Waals surface area contributed by atoms with Crippen LogP contribution in [0.5, 0.6) is 0 Å². The van der Waals surface area contributed by atoms with E-state index in [1.165, 1.54) is 69.4 Å². The van der Waals surface area contributed by atoms with Crippen LogP contribution in [0.4, 0.5) is 0 Å². The third kappa shape index (κ3) is 7.52. The number of aliphatic hydroxyl groups is 1. The van der Waals surface area contributed by atoms with Crippen molar-refractivity contribution in [3.8, 4) is 0 Å². The van der Waals surface area contributed by atoms with Crippen LogP contribution in [0.1, 0.15) is 108 Å². The van der Waals surface area contributed by atoms with Gasteiger partial charge in [0.1, 0.15) is 5.76 Å². The summed E-state index contributed by atoms with van der Waals surface area (Å²) in [6.07, 6.45) is 15.5. The minimum absolute atomic E-state index is 0.0299. The SMILES string of the molecule is CCCCCCCC(=O)/C=C(\O)c1ccc(C2CCC(CCC)CC2)cc1. The average Bonchev–Trinajstić information content (AvgIpc) is 2.69. The molecule has 0 heterocycles. The molecular weight excluding hydrogens is 332 g/mol. The molecule has 150 valence electrons. The maximum Gasteiger partial charge on any atom is 0.159 e. The Morgan fingerprint density at radius 3 is 2.26 bits per heavy atom. The summed E-state index contributed by atoms with van der Waals surface area (Å²) >= 11 is 0. The molecule has 2 heteroatoms. The van der Waals surface area contributed by atoms with Gasteiger partial charge in [-0.2, -0.15) is 0 Å². The van der Waals surface area contributed by atoms with Crippen molar-refractivity contribution in [1.82, 2.24) is 0 Å². The largest absolute Gasteiger partial charge is 0.507 e. The quantitative estimate of drug-likeness (QED) is 0.247. The van der Waals surface area contributed by atoms with Gasteiger partial charge in [-0.25, -0.2) is 0 Å². The minimum Gasteiger partial charge on any atom is -0.507 e.